The number of hydrogen-bond donors (Lipinski definition) is 0. The molecule has 0 bridgehead atoms. The van der Waals surface area contributed by atoms with Gasteiger partial charge < -0.3 is 14.2 Å². The standard InChI is InChI=1S/C31H46O3/c1-3-5-7-9-11-13-23-32-30-21-19-28(20-22-30)27-15-17-29(18-16-27)31-33-24-26(25-34-31)14-12-10-8-6-4-2/h15-22,26,31H,3-14,23-25H2,1-2H3/t26-,31-. The first kappa shape index (κ1) is 26.8. The summed E-state index contributed by atoms with van der Waals surface area (Å²) in [6, 6.07) is 17.0. The number of ether oxygens (including phenoxy) is 3. The van der Waals surface area contributed by atoms with Crippen LogP contribution in [0.4, 0.5) is 0 Å². The van der Waals surface area contributed by atoms with Gasteiger partial charge in [-0.25, -0.2) is 0 Å². The van der Waals surface area contributed by atoms with Gasteiger partial charge in [0.25, 0.3) is 0 Å². The van der Waals surface area contributed by atoms with Crippen LogP contribution < -0.4 is 4.74 Å². The molecule has 0 radical (unpaired) electrons. The summed E-state index contributed by atoms with van der Waals surface area (Å²) < 4.78 is 18.0. The minimum atomic E-state index is -0.233. The van der Waals surface area contributed by atoms with E-state index in [2.05, 4.69) is 62.4 Å². The number of benzene rings is 2. The van der Waals surface area contributed by atoms with Crippen molar-refractivity contribution in [3.8, 4) is 16.9 Å². The highest BCUT2D eigenvalue weighted by Crippen LogP contribution is 2.30. The lowest BCUT2D eigenvalue weighted by Crippen LogP contribution is -2.27. The number of rotatable bonds is 16. The Labute approximate surface area is 208 Å². The molecule has 0 amide bonds. The Morgan fingerprint density at radius 1 is 0.647 bits per heavy atom. The van der Waals surface area contributed by atoms with E-state index >= 15 is 0 Å². The van der Waals surface area contributed by atoms with Crippen LogP contribution in [0.25, 0.3) is 11.1 Å². The Morgan fingerprint density at radius 2 is 1.18 bits per heavy atom. The van der Waals surface area contributed by atoms with Gasteiger partial charge in [0.2, 0.25) is 0 Å². The lowest BCUT2D eigenvalue weighted by molar-refractivity contribution is -0.206. The maximum absolute atomic E-state index is 6.05. The fourth-order valence-corrected chi connectivity index (χ4v) is 4.59. The van der Waals surface area contributed by atoms with Crippen molar-refractivity contribution < 1.29 is 14.2 Å². The highest BCUT2D eigenvalue weighted by atomic mass is 16.7. The van der Waals surface area contributed by atoms with Crippen LogP contribution in [0, 0.1) is 5.92 Å². The van der Waals surface area contributed by atoms with Gasteiger partial charge in [-0.1, -0.05) is 114 Å². The summed E-state index contributed by atoms with van der Waals surface area (Å²) >= 11 is 0. The van der Waals surface area contributed by atoms with Crippen molar-refractivity contribution in [2.24, 2.45) is 5.92 Å². The van der Waals surface area contributed by atoms with E-state index in [-0.39, 0.29) is 6.29 Å². The van der Waals surface area contributed by atoms with Gasteiger partial charge in [-0.2, -0.15) is 0 Å². The lowest BCUT2D eigenvalue weighted by Gasteiger charge is -2.29. The molecule has 1 aliphatic heterocycles. The molecule has 0 aromatic heterocycles. The van der Waals surface area contributed by atoms with E-state index in [1.807, 2.05) is 0 Å². The lowest BCUT2D eigenvalue weighted by atomic mass is 10.0. The molecule has 0 aliphatic carbocycles. The van der Waals surface area contributed by atoms with Crippen LogP contribution in [0.3, 0.4) is 0 Å². The van der Waals surface area contributed by atoms with Crippen molar-refractivity contribution in [3.63, 3.8) is 0 Å². The van der Waals surface area contributed by atoms with E-state index in [1.54, 1.807) is 0 Å². The Morgan fingerprint density at radius 3 is 1.79 bits per heavy atom. The van der Waals surface area contributed by atoms with Gasteiger partial charge in [-0.3, -0.25) is 0 Å². The molecule has 2 aromatic carbocycles. The Kier molecular flexibility index (Phi) is 12.6. The van der Waals surface area contributed by atoms with Crippen molar-refractivity contribution >= 4 is 0 Å². The van der Waals surface area contributed by atoms with Crippen molar-refractivity contribution in [2.45, 2.75) is 97.2 Å². The minimum absolute atomic E-state index is 0.233. The van der Waals surface area contributed by atoms with Gasteiger partial charge in [0.05, 0.1) is 19.8 Å². The summed E-state index contributed by atoms with van der Waals surface area (Å²) in [7, 11) is 0. The zero-order valence-electron chi connectivity index (χ0n) is 21.6. The summed E-state index contributed by atoms with van der Waals surface area (Å²) in [4.78, 5) is 0. The summed E-state index contributed by atoms with van der Waals surface area (Å²) in [5.41, 5.74) is 3.50. The predicted octanol–water partition coefficient (Wildman–Crippen LogP) is 9.12. The molecule has 3 rings (SSSR count). The van der Waals surface area contributed by atoms with Gasteiger partial charge in [0.1, 0.15) is 5.75 Å². The molecular weight excluding hydrogens is 420 g/mol. The highest BCUT2D eigenvalue weighted by molar-refractivity contribution is 5.64. The first-order chi connectivity index (χ1) is 16.8. The van der Waals surface area contributed by atoms with Gasteiger partial charge >= 0.3 is 0 Å². The fourth-order valence-electron chi connectivity index (χ4n) is 4.59. The van der Waals surface area contributed by atoms with Gasteiger partial charge in [0.15, 0.2) is 6.29 Å². The van der Waals surface area contributed by atoms with E-state index < -0.39 is 0 Å². The largest absolute Gasteiger partial charge is 0.494 e. The molecule has 0 unspecified atom stereocenters. The van der Waals surface area contributed by atoms with Crippen LogP contribution in [0.15, 0.2) is 48.5 Å². The topological polar surface area (TPSA) is 27.7 Å². The monoisotopic (exact) mass is 466 g/mol. The molecule has 1 saturated heterocycles. The summed E-state index contributed by atoms with van der Waals surface area (Å²) in [6.45, 7) is 6.94. The molecule has 34 heavy (non-hydrogen) atoms. The molecule has 0 atom stereocenters. The second-order valence-corrected chi connectivity index (χ2v) is 9.83. The smallest absolute Gasteiger partial charge is 0.183 e. The average molecular weight is 467 g/mol. The molecule has 2 aromatic rings. The van der Waals surface area contributed by atoms with E-state index in [4.69, 9.17) is 14.2 Å². The average Bonchev–Trinajstić information content (AvgIpc) is 2.89. The highest BCUT2D eigenvalue weighted by Gasteiger charge is 2.23. The van der Waals surface area contributed by atoms with Crippen molar-refractivity contribution in [2.75, 3.05) is 19.8 Å². The van der Waals surface area contributed by atoms with E-state index in [0.717, 1.165) is 37.6 Å². The zero-order valence-corrected chi connectivity index (χ0v) is 21.6. The van der Waals surface area contributed by atoms with Crippen LogP contribution in [-0.2, 0) is 9.47 Å². The molecule has 0 saturated carbocycles. The molecular formula is C31H46O3. The maximum Gasteiger partial charge on any atom is 0.183 e. The second-order valence-electron chi connectivity index (χ2n) is 9.83. The Bertz CT molecular complexity index is 760. The normalized spacial score (nSPS) is 18.2. The van der Waals surface area contributed by atoms with Crippen molar-refractivity contribution in [1.82, 2.24) is 0 Å². The van der Waals surface area contributed by atoms with Crippen LogP contribution in [0.1, 0.15) is 103 Å². The molecule has 0 spiro atoms. The maximum atomic E-state index is 6.05. The molecule has 3 nitrogen and oxygen atoms in total. The van der Waals surface area contributed by atoms with Crippen molar-refractivity contribution in [3.05, 3.63) is 54.1 Å². The van der Waals surface area contributed by atoms with Gasteiger partial charge in [-0.15, -0.1) is 0 Å². The van der Waals surface area contributed by atoms with Crippen LogP contribution in [-0.4, -0.2) is 19.8 Å². The molecule has 1 fully saturated rings. The van der Waals surface area contributed by atoms with E-state index in [1.165, 1.54) is 81.8 Å². The summed E-state index contributed by atoms with van der Waals surface area (Å²) in [5, 5.41) is 0. The van der Waals surface area contributed by atoms with Gasteiger partial charge in [0, 0.05) is 11.5 Å². The minimum Gasteiger partial charge on any atom is -0.494 e. The van der Waals surface area contributed by atoms with Crippen molar-refractivity contribution in [1.29, 1.82) is 0 Å². The number of unbranched alkanes of at least 4 members (excludes halogenated alkanes) is 9. The Balaban J connectivity index is 1.37. The zero-order chi connectivity index (χ0) is 23.8. The first-order valence-corrected chi connectivity index (χ1v) is 13.9. The molecule has 1 heterocycles. The summed E-state index contributed by atoms with van der Waals surface area (Å²) in [6.07, 6.45) is 15.3. The van der Waals surface area contributed by atoms with E-state index in [0.29, 0.717) is 5.92 Å². The third kappa shape index (κ3) is 9.43. The summed E-state index contributed by atoms with van der Waals surface area (Å²) in [5.74, 6) is 1.50. The predicted molar refractivity (Wildman–Crippen MR) is 142 cm³/mol. The molecule has 0 N–H and O–H groups in total. The van der Waals surface area contributed by atoms with Crippen LogP contribution in [0.2, 0.25) is 0 Å². The molecule has 188 valence electrons. The third-order valence-corrected chi connectivity index (χ3v) is 6.82. The third-order valence-electron chi connectivity index (χ3n) is 6.82. The Hall–Kier alpha value is -1.84. The van der Waals surface area contributed by atoms with Crippen LogP contribution in [0.5, 0.6) is 5.75 Å². The first-order valence-electron chi connectivity index (χ1n) is 13.9. The SMILES string of the molecule is CCCCCCCCOc1ccc(-c2ccc([C@H]3OC[C@H](CCCCCCC)CO3)cc2)cc1. The van der Waals surface area contributed by atoms with Crippen LogP contribution >= 0.6 is 0 Å². The number of hydrogen-bond acceptors (Lipinski definition) is 3. The van der Waals surface area contributed by atoms with Gasteiger partial charge in [-0.05, 0) is 36.1 Å². The fraction of sp³-hybridized carbons (Fsp3) is 0.613. The second kappa shape index (κ2) is 15.9. The van der Waals surface area contributed by atoms with E-state index in [9.17, 15) is 0 Å². The quantitative estimate of drug-likeness (QED) is 0.231. The molecule has 1 aliphatic rings. The molecule has 3 heteroatoms.